The average Bonchev–Trinajstić information content (AvgIpc) is 3.01. The van der Waals surface area contributed by atoms with Gasteiger partial charge in [-0.25, -0.2) is 0 Å². The summed E-state index contributed by atoms with van der Waals surface area (Å²) in [4.78, 5) is 28.7. The van der Waals surface area contributed by atoms with Crippen molar-refractivity contribution in [3.8, 4) is 0 Å². The minimum atomic E-state index is 0.237. The zero-order chi connectivity index (χ0) is 17.8. The van der Waals surface area contributed by atoms with E-state index in [9.17, 15) is 9.59 Å². The van der Waals surface area contributed by atoms with Crippen molar-refractivity contribution in [1.82, 2.24) is 9.80 Å². The Kier molecular flexibility index (Phi) is 5.77. The molecule has 2 fully saturated rings. The van der Waals surface area contributed by atoms with Crippen molar-refractivity contribution >= 4 is 11.8 Å². The summed E-state index contributed by atoms with van der Waals surface area (Å²) in [6, 6.07) is 6.60. The molecule has 25 heavy (non-hydrogen) atoms. The van der Waals surface area contributed by atoms with Gasteiger partial charge in [0.2, 0.25) is 11.8 Å². The maximum absolute atomic E-state index is 12.9. The summed E-state index contributed by atoms with van der Waals surface area (Å²) in [6.45, 7) is 6.75. The number of piperidine rings is 1. The average molecular weight is 342 g/mol. The van der Waals surface area contributed by atoms with E-state index in [2.05, 4.69) is 36.9 Å². The Morgan fingerprint density at radius 1 is 1.12 bits per heavy atom. The van der Waals surface area contributed by atoms with Crippen molar-refractivity contribution in [2.24, 2.45) is 0 Å². The third-order valence-corrected chi connectivity index (χ3v) is 5.78. The summed E-state index contributed by atoms with van der Waals surface area (Å²) in [7, 11) is 0. The molecule has 0 spiro atoms. The van der Waals surface area contributed by atoms with Gasteiger partial charge in [-0.05, 0) is 62.6 Å². The van der Waals surface area contributed by atoms with Crippen LogP contribution >= 0.6 is 0 Å². The Labute approximate surface area is 151 Å². The predicted molar refractivity (Wildman–Crippen MR) is 99.4 cm³/mol. The first-order chi connectivity index (χ1) is 12.0. The molecule has 0 saturated carbocycles. The van der Waals surface area contributed by atoms with Crippen LogP contribution in [0.1, 0.15) is 55.2 Å². The van der Waals surface area contributed by atoms with E-state index >= 15 is 0 Å². The lowest BCUT2D eigenvalue weighted by Crippen LogP contribution is -2.46. The summed E-state index contributed by atoms with van der Waals surface area (Å²) in [5.41, 5.74) is 3.61. The number of rotatable bonds is 5. The van der Waals surface area contributed by atoms with E-state index < -0.39 is 0 Å². The number of carbonyl (C=O) groups is 2. The number of nitrogens with zero attached hydrogens (tertiary/aromatic N) is 2. The fourth-order valence-corrected chi connectivity index (χ4v) is 4.06. The first-order valence-electron chi connectivity index (χ1n) is 9.68. The number of benzene rings is 1. The van der Waals surface area contributed by atoms with Crippen molar-refractivity contribution in [1.29, 1.82) is 0 Å². The summed E-state index contributed by atoms with van der Waals surface area (Å²) >= 11 is 0. The first-order valence-corrected chi connectivity index (χ1v) is 9.68. The number of carbonyl (C=O) groups excluding carboxylic acids is 2. The molecule has 1 unspecified atom stereocenters. The molecule has 1 aromatic carbocycles. The van der Waals surface area contributed by atoms with Gasteiger partial charge in [0.1, 0.15) is 0 Å². The van der Waals surface area contributed by atoms with Gasteiger partial charge in [-0.1, -0.05) is 18.2 Å². The van der Waals surface area contributed by atoms with Gasteiger partial charge in [0.15, 0.2) is 0 Å². The molecule has 2 amide bonds. The Hall–Kier alpha value is -1.84. The molecule has 3 rings (SSSR count). The molecule has 2 aliphatic heterocycles. The second kappa shape index (κ2) is 8.03. The largest absolute Gasteiger partial charge is 0.343 e. The van der Waals surface area contributed by atoms with Gasteiger partial charge >= 0.3 is 0 Å². The van der Waals surface area contributed by atoms with Crippen LogP contribution in [0.2, 0.25) is 0 Å². The van der Waals surface area contributed by atoms with Gasteiger partial charge in [-0.3, -0.25) is 9.59 Å². The van der Waals surface area contributed by atoms with Gasteiger partial charge in [0, 0.05) is 32.1 Å². The van der Waals surface area contributed by atoms with Crippen LogP contribution in [0.25, 0.3) is 0 Å². The van der Waals surface area contributed by atoms with E-state index in [1.54, 1.807) is 0 Å². The molecule has 0 aliphatic carbocycles. The van der Waals surface area contributed by atoms with Gasteiger partial charge in [0.05, 0.1) is 6.42 Å². The lowest BCUT2D eigenvalue weighted by Gasteiger charge is -2.37. The Balaban J connectivity index is 1.60. The quantitative estimate of drug-likeness (QED) is 0.824. The molecule has 2 heterocycles. The fraction of sp³-hybridized carbons (Fsp3) is 0.619. The molecule has 2 aliphatic rings. The van der Waals surface area contributed by atoms with E-state index in [0.717, 1.165) is 50.9 Å². The van der Waals surface area contributed by atoms with E-state index in [1.807, 2.05) is 4.90 Å². The van der Waals surface area contributed by atoms with Crippen LogP contribution in [0.15, 0.2) is 18.2 Å². The van der Waals surface area contributed by atoms with Gasteiger partial charge in [-0.15, -0.1) is 0 Å². The van der Waals surface area contributed by atoms with E-state index in [-0.39, 0.29) is 11.8 Å². The fourth-order valence-electron chi connectivity index (χ4n) is 4.06. The SMILES string of the molecule is Cc1ccc(CC(=O)N2CCCCC2CCN2CCCC2=O)cc1C. The highest BCUT2D eigenvalue weighted by Crippen LogP contribution is 2.23. The molecule has 0 N–H and O–H groups in total. The molecule has 0 radical (unpaired) electrons. The van der Waals surface area contributed by atoms with Crippen molar-refractivity contribution in [3.63, 3.8) is 0 Å². The van der Waals surface area contributed by atoms with Crippen LogP contribution in [0.5, 0.6) is 0 Å². The number of likely N-dealkylation sites (tertiary alicyclic amines) is 2. The molecule has 4 nitrogen and oxygen atoms in total. The second-order valence-corrected chi connectivity index (χ2v) is 7.61. The van der Waals surface area contributed by atoms with E-state index in [0.29, 0.717) is 18.9 Å². The third-order valence-electron chi connectivity index (χ3n) is 5.78. The lowest BCUT2D eigenvalue weighted by atomic mass is 9.97. The number of amides is 2. The number of hydrogen-bond acceptors (Lipinski definition) is 2. The highest BCUT2D eigenvalue weighted by molar-refractivity contribution is 5.79. The maximum Gasteiger partial charge on any atom is 0.227 e. The number of aryl methyl sites for hydroxylation is 2. The van der Waals surface area contributed by atoms with E-state index in [4.69, 9.17) is 0 Å². The smallest absolute Gasteiger partial charge is 0.227 e. The summed E-state index contributed by atoms with van der Waals surface area (Å²) in [5, 5.41) is 0. The molecular formula is C21H30N2O2. The zero-order valence-electron chi connectivity index (χ0n) is 15.6. The Morgan fingerprint density at radius 3 is 2.68 bits per heavy atom. The molecule has 4 heteroatoms. The standard InChI is InChI=1S/C21H30N2O2/c1-16-8-9-18(14-17(16)2)15-21(25)23-12-4-3-6-19(23)10-13-22-11-5-7-20(22)24/h8-9,14,19H,3-7,10-13,15H2,1-2H3. The minimum absolute atomic E-state index is 0.237. The predicted octanol–water partition coefficient (Wildman–Crippen LogP) is 3.24. The molecule has 0 bridgehead atoms. The van der Waals surface area contributed by atoms with Crippen LogP contribution < -0.4 is 0 Å². The Morgan fingerprint density at radius 2 is 1.96 bits per heavy atom. The summed E-state index contributed by atoms with van der Waals surface area (Å²) < 4.78 is 0. The summed E-state index contributed by atoms with van der Waals surface area (Å²) in [6.07, 6.45) is 6.44. The molecule has 136 valence electrons. The molecule has 1 aromatic rings. The van der Waals surface area contributed by atoms with Crippen molar-refractivity contribution in [2.45, 2.75) is 64.8 Å². The van der Waals surface area contributed by atoms with Crippen LogP contribution in [0.4, 0.5) is 0 Å². The highest BCUT2D eigenvalue weighted by Gasteiger charge is 2.28. The third kappa shape index (κ3) is 4.42. The molecule has 2 saturated heterocycles. The van der Waals surface area contributed by atoms with Crippen molar-refractivity contribution in [2.75, 3.05) is 19.6 Å². The zero-order valence-corrected chi connectivity index (χ0v) is 15.6. The van der Waals surface area contributed by atoms with Crippen LogP contribution in [-0.4, -0.2) is 47.3 Å². The Bertz CT molecular complexity index is 641. The first kappa shape index (κ1) is 18.0. The van der Waals surface area contributed by atoms with Crippen LogP contribution in [-0.2, 0) is 16.0 Å². The summed E-state index contributed by atoms with van der Waals surface area (Å²) in [5.74, 6) is 0.518. The maximum atomic E-state index is 12.9. The molecule has 0 aromatic heterocycles. The normalized spacial score (nSPS) is 21.0. The van der Waals surface area contributed by atoms with Gasteiger partial charge in [-0.2, -0.15) is 0 Å². The minimum Gasteiger partial charge on any atom is -0.343 e. The van der Waals surface area contributed by atoms with Crippen molar-refractivity contribution < 1.29 is 9.59 Å². The monoisotopic (exact) mass is 342 g/mol. The lowest BCUT2D eigenvalue weighted by molar-refractivity contribution is -0.134. The van der Waals surface area contributed by atoms with Gasteiger partial charge < -0.3 is 9.80 Å². The topological polar surface area (TPSA) is 40.6 Å². The van der Waals surface area contributed by atoms with E-state index in [1.165, 1.54) is 17.5 Å². The van der Waals surface area contributed by atoms with Gasteiger partial charge in [0.25, 0.3) is 0 Å². The molecular weight excluding hydrogens is 312 g/mol. The number of hydrogen-bond donors (Lipinski definition) is 0. The van der Waals surface area contributed by atoms with Crippen molar-refractivity contribution in [3.05, 3.63) is 34.9 Å². The highest BCUT2D eigenvalue weighted by atomic mass is 16.2. The molecule has 1 atom stereocenters. The van der Waals surface area contributed by atoms with Crippen LogP contribution in [0.3, 0.4) is 0 Å². The van der Waals surface area contributed by atoms with Crippen LogP contribution in [0, 0.1) is 13.8 Å². The second-order valence-electron chi connectivity index (χ2n) is 7.61.